The molecule has 4 heterocycles. The Balaban J connectivity index is 1.25. The summed E-state index contributed by atoms with van der Waals surface area (Å²) in [4.78, 5) is 10.8. The number of para-hydroxylation sites is 1. The van der Waals surface area contributed by atoms with Crippen LogP contribution in [0, 0.1) is 5.92 Å². The van der Waals surface area contributed by atoms with Crippen LogP contribution in [0.15, 0.2) is 63.8 Å². The van der Waals surface area contributed by atoms with Gasteiger partial charge in [-0.15, -0.1) is 0 Å². The largest absolute Gasteiger partial charge is 0.459 e. The van der Waals surface area contributed by atoms with Gasteiger partial charge in [-0.3, -0.25) is 15.3 Å². The molecule has 0 radical (unpaired) electrons. The minimum atomic E-state index is 0.110. The number of fused-ring (bicyclic) bond motifs is 1. The van der Waals surface area contributed by atoms with E-state index in [1.165, 1.54) is 0 Å². The molecule has 0 bridgehead atoms. The summed E-state index contributed by atoms with van der Waals surface area (Å²) < 4.78 is 11.5. The number of hydrazine groups is 1. The van der Waals surface area contributed by atoms with E-state index >= 15 is 0 Å². The van der Waals surface area contributed by atoms with Crippen LogP contribution in [0.5, 0.6) is 0 Å². The average Bonchev–Trinajstić information content (AvgIpc) is 3.47. The van der Waals surface area contributed by atoms with Gasteiger partial charge in [-0.05, 0) is 31.3 Å². The highest BCUT2D eigenvalue weighted by Gasteiger charge is 2.32. The Morgan fingerprint density at radius 3 is 3.00 bits per heavy atom. The second kappa shape index (κ2) is 7.75. The zero-order valence-corrected chi connectivity index (χ0v) is 16.1. The third kappa shape index (κ3) is 3.77. The van der Waals surface area contributed by atoms with Gasteiger partial charge >= 0.3 is 0 Å². The van der Waals surface area contributed by atoms with Crippen LogP contribution in [-0.4, -0.2) is 40.2 Å². The molecule has 3 aromatic heterocycles. The summed E-state index contributed by atoms with van der Waals surface area (Å²) in [5.74, 6) is 2.45. The van der Waals surface area contributed by atoms with Crippen LogP contribution in [0.3, 0.4) is 0 Å². The molecule has 8 heteroatoms. The maximum Gasteiger partial charge on any atom is 0.241 e. The van der Waals surface area contributed by atoms with Crippen molar-refractivity contribution in [3.63, 3.8) is 0 Å². The molecular formula is C21H22N6O2. The van der Waals surface area contributed by atoms with Crippen LogP contribution < -0.4 is 10.9 Å². The van der Waals surface area contributed by atoms with Crippen molar-refractivity contribution in [2.24, 2.45) is 5.92 Å². The van der Waals surface area contributed by atoms with Crippen LogP contribution in [0.1, 0.15) is 17.7 Å². The predicted octanol–water partition coefficient (Wildman–Crippen LogP) is 2.77. The van der Waals surface area contributed by atoms with E-state index in [0.717, 1.165) is 35.4 Å². The monoisotopic (exact) mass is 390 g/mol. The van der Waals surface area contributed by atoms with Gasteiger partial charge in [0.05, 0.1) is 12.6 Å². The van der Waals surface area contributed by atoms with E-state index in [4.69, 9.17) is 8.94 Å². The van der Waals surface area contributed by atoms with Crippen LogP contribution >= 0.6 is 0 Å². The molecule has 2 atom stereocenters. The fraction of sp³-hybridized carbons (Fsp3) is 0.286. The van der Waals surface area contributed by atoms with E-state index in [2.05, 4.69) is 50.1 Å². The maximum atomic E-state index is 6.07. The average molecular weight is 390 g/mol. The fourth-order valence-electron chi connectivity index (χ4n) is 3.79. The number of nitrogens with one attached hydrogen (secondary N) is 2. The van der Waals surface area contributed by atoms with Gasteiger partial charge in [-0.1, -0.05) is 23.4 Å². The van der Waals surface area contributed by atoms with Gasteiger partial charge in [-0.2, -0.15) is 4.98 Å². The van der Waals surface area contributed by atoms with Gasteiger partial charge in [0.2, 0.25) is 11.7 Å². The highest BCUT2D eigenvalue weighted by Crippen LogP contribution is 2.30. The van der Waals surface area contributed by atoms with Crippen LogP contribution in [0.25, 0.3) is 22.4 Å². The van der Waals surface area contributed by atoms with Gasteiger partial charge in [-0.25, -0.2) is 5.43 Å². The zero-order valence-electron chi connectivity index (χ0n) is 16.1. The van der Waals surface area contributed by atoms with Gasteiger partial charge < -0.3 is 8.94 Å². The number of furan rings is 1. The summed E-state index contributed by atoms with van der Waals surface area (Å²) in [6.07, 6.45) is 3.45. The SMILES string of the molecule is CN(Cc1nc(-c2cccnc2)no1)CC1CNNC1c1cc2ccccc2o1. The first kappa shape index (κ1) is 18.0. The lowest BCUT2D eigenvalue weighted by molar-refractivity contribution is 0.223. The van der Waals surface area contributed by atoms with Crippen LogP contribution in [-0.2, 0) is 6.54 Å². The molecule has 1 aromatic carbocycles. The van der Waals surface area contributed by atoms with Crippen LogP contribution in [0.4, 0.5) is 0 Å². The molecular weight excluding hydrogens is 368 g/mol. The first-order valence-electron chi connectivity index (χ1n) is 9.64. The number of hydrogen-bond acceptors (Lipinski definition) is 8. The summed E-state index contributed by atoms with van der Waals surface area (Å²) in [6.45, 7) is 2.29. The molecule has 0 spiro atoms. The molecule has 4 aromatic rings. The Labute approximate surface area is 167 Å². The van der Waals surface area contributed by atoms with Crippen molar-refractivity contribution in [1.82, 2.24) is 30.9 Å². The lowest BCUT2D eigenvalue weighted by Crippen LogP contribution is -2.30. The molecule has 1 fully saturated rings. The first-order chi connectivity index (χ1) is 14.3. The molecule has 1 saturated heterocycles. The first-order valence-corrected chi connectivity index (χ1v) is 9.64. The topological polar surface area (TPSA) is 92.2 Å². The highest BCUT2D eigenvalue weighted by atomic mass is 16.5. The van der Waals surface area contributed by atoms with Crippen molar-refractivity contribution >= 4 is 11.0 Å². The summed E-state index contributed by atoms with van der Waals surface area (Å²) in [6, 6.07) is 14.1. The van der Waals surface area contributed by atoms with Crippen molar-refractivity contribution in [3.05, 3.63) is 66.5 Å². The smallest absolute Gasteiger partial charge is 0.241 e. The third-order valence-electron chi connectivity index (χ3n) is 5.18. The minimum Gasteiger partial charge on any atom is -0.459 e. The normalized spacial score (nSPS) is 19.4. The van der Waals surface area contributed by atoms with E-state index in [1.54, 1.807) is 12.4 Å². The van der Waals surface area contributed by atoms with Crippen molar-refractivity contribution in [3.8, 4) is 11.4 Å². The summed E-state index contributed by atoms with van der Waals surface area (Å²) in [5, 5.41) is 5.19. The Kier molecular flexibility index (Phi) is 4.81. The van der Waals surface area contributed by atoms with E-state index in [9.17, 15) is 0 Å². The van der Waals surface area contributed by atoms with E-state index in [1.807, 2.05) is 30.3 Å². The third-order valence-corrected chi connectivity index (χ3v) is 5.18. The lowest BCUT2D eigenvalue weighted by atomic mass is 9.99. The number of nitrogens with zero attached hydrogens (tertiary/aromatic N) is 4. The lowest BCUT2D eigenvalue weighted by Gasteiger charge is -2.22. The molecule has 29 heavy (non-hydrogen) atoms. The molecule has 1 aliphatic rings. The standard InChI is InChI=1S/C21H22N6O2/c1-27(13-19-24-21(26-29-19)15-6-4-8-22-10-15)12-16-11-23-25-20(16)18-9-14-5-2-3-7-17(14)28-18/h2-10,16,20,23,25H,11-13H2,1H3. The summed E-state index contributed by atoms with van der Waals surface area (Å²) in [7, 11) is 2.06. The molecule has 0 aliphatic carbocycles. The number of pyridine rings is 1. The molecule has 148 valence electrons. The summed E-state index contributed by atoms with van der Waals surface area (Å²) in [5.41, 5.74) is 8.38. The van der Waals surface area contributed by atoms with Crippen molar-refractivity contribution in [2.75, 3.05) is 20.1 Å². The van der Waals surface area contributed by atoms with Gasteiger partial charge in [0.15, 0.2) is 0 Å². The van der Waals surface area contributed by atoms with Gasteiger partial charge in [0.1, 0.15) is 11.3 Å². The minimum absolute atomic E-state index is 0.110. The number of hydrogen-bond donors (Lipinski definition) is 2. The molecule has 2 N–H and O–H groups in total. The van der Waals surface area contributed by atoms with Crippen LogP contribution in [0.2, 0.25) is 0 Å². The van der Waals surface area contributed by atoms with Crippen molar-refractivity contribution in [2.45, 2.75) is 12.6 Å². The maximum absolute atomic E-state index is 6.07. The Morgan fingerprint density at radius 1 is 1.21 bits per heavy atom. The second-order valence-electron chi connectivity index (χ2n) is 7.40. The van der Waals surface area contributed by atoms with Gasteiger partial charge in [0, 0.05) is 42.4 Å². The van der Waals surface area contributed by atoms with E-state index in [-0.39, 0.29) is 6.04 Å². The van der Waals surface area contributed by atoms with Gasteiger partial charge in [0.25, 0.3) is 0 Å². The molecule has 0 saturated carbocycles. The van der Waals surface area contributed by atoms with E-state index < -0.39 is 0 Å². The van der Waals surface area contributed by atoms with E-state index in [0.29, 0.717) is 24.2 Å². The number of benzene rings is 1. The molecule has 5 rings (SSSR count). The Bertz CT molecular complexity index is 1060. The molecule has 0 amide bonds. The molecule has 1 aliphatic heterocycles. The highest BCUT2D eigenvalue weighted by molar-refractivity contribution is 5.77. The van der Waals surface area contributed by atoms with Crippen molar-refractivity contribution in [1.29, 1.82) is 0 Å². The quantitative estimate of drug-likeness (QED) is 0.519. The predicted molar refractivity (Wildman–Crippen MR) is 107 cm³/mol. The molecule has 8 nitrogen and oxygen atoms in total. The summed E-state index contributed by atoms with van der Waals surface area (Å²) >= 11 is 0. The molecule has 2 unspecified atom stereocenters. The van der Waals surface area contributed by atoms with Crippen molar-refractivity contribution < 1.29 is 8.94 Å². The number of rotatable bonds is 6. The number of aromatic nitrogens is 3. The second-order valence-corrected chi connectivity index (χ2v) is 7.40. The zero-order chi connectivity index (χ0) is 19.6. The Morgan fingerprint density at radius 2 is 2.14 bits per heavy atom. The Hall–Kier alpha value is -3.07. The fourth-order valence-corrected chi connectivity index (χ4v) is 3.79.